The molecule has 0 saturated heterocycles. The van der Waals surface area contributed by atoms with E-state index in [0.29, 0.717) is 10.8 Å². The number of anilines is 1. The Morgan fingerprint density at radius 2 is 2.27 bits per heavy atom. The van der Waals surface area contributed by atoms with Gasteiger partial charge in [-0.1, -0.05) is 11.8 Å². The summed E-state index contributed by atoms with van der Waals surface area (Å²) < 4.78 is 2.57. The molecule has 0 saturated carbocycles. The highest BCUT2D eigenvalue weighted by Crippen LogP contribution is 2.28. The fraction of sp³-hybridized carbons (Fsp3) is 0.231. The SMILES string of the molecule is Cc1nnc(SCC(=O)Nc2ccc(SC#N)cc2Br)n1C. The number of carbonyl (C=O) groups excluding carboxylic acids is 1. The second-order valence-electron chi connectivity index (χ2n) is 4.26. The zero-order valence-electron chi connectivity index (χ0n) is 11.8. The maximum absolute atomic E-state index is 12.0. The maximum Gasteiger partial charge on any atom is 0.234 e. The van der Waals surface area contributed by atoms with Crippen LogP contribution in [-0.4, -0.2) is 26.4 Å². The van der Waals surface area contributed by atoms with Crippen LogP contribution in [0.15, 0.2) is 32.7 Å². The Balaban J connectivity index is 1.95. The molecule has 1 N–H and O–H groups in total. The van der Waals surface area contributed by atoms with E-state index in [0.717, 1.165) is 27.0 Å². The van der Waals surface area contributed by atoms with Crippen molar-refractivity contribution in [2.75, 3.05) is 11.1 Å². The molecule has 1 heterocycles. The highest BCUT2D eigenvalue weighted by atomic mass is 79.9. The number of thiocyanates is 1. The molecule has 1 aromatic carbocycles. The van der Waals surface area contributed by atoms with Gasteiger partial charge in [0.25, 0.3) is 0 Å². The molecule has 0 radical (unpaired) electrons. The van der Waals surface area contributed by atoms with E-state index in [2.05, 4.69) is 31.4 Å². The van der Waals surface area contributed by atoms with E-state index in [9.17, 15) is 4.79 Å². The summed E-state index contributed by atoms with van der Waals surface area (Å²) in [4.78, 5) is 12.8. The third-order valence-electron chi connectivity index (χ3n) is 2.76. The first kappa shape index (κ1) is 16.9. The lowest BCUT2D eigenvalue weighted by Crippen LogP contribution is -2.14. The highest BCUT2D eigenvalue weighted by Gasteiger charge is 2.11. The van der Waals surface area contributed by atoms with E-state index >= 15 is 0 Å². The first-order valence-corrected chi connectivity index (χ1v) is 8.75. The zero-order chi connectivity index (χ0) is 16.1. The molecule has 2 aromatic rings. The monoisotopic (exact) mass is 397 g/mol. The van der Waals surface area contributed by atoms with Crippen molar-refractivity contribution in [2.24, 2.45) is 7.05 Å². The van der Waals surface area contributed by atoms with E-state index < -0.39 is 0 Å². The molecule has 1 amide bonds. The van der Waals surface area contributed by atoms with Crippen molar-refractivity contribution < 1.29 is 4.79 Å². The summed E-state index contributed by atoms with van der Waals surface area (Å²) in [5.41, 5.74) is 0.669. The van der Waals surface area contributed by atoms with E-state index in [1.807, 2.05) is 23.9 Å². The number of thioether (sulfide) groups is 2. The van der Waals surface area contributed by atoms with Gasteiger partial charge in [0.2, 0.25) is 5.91 Å². The van der Waals surface area contributed by atoms with Gasteiger partial charge < -0.3 is 9.88 Å². The molecule has 0 unspecified atom stereocenters. The van der Waals surface area contributed by atoms with Crippen molar-refractivity contribution >= 4 is 51.0 Å². The molecular weight excluding hydrogens is 386 g/mol. The van der Waals surface area contributed by atoms with Crippen LogP contribution in [-0.2, 0) is 11.8 Å². The van der Waals surface area contributed by atoms with Gasteiger partial charge in [-0.05, 0) is 52.8 Å². The average Bonchev–Trinajstić information content (AvgIpc) is 2.80. The van der Waals surface area contributed by atoms with Crippen molar-refractivity contribution in [2.45, 2.75) is 17.0 Å². The number of carbonyl (C=O) groups is 1. The molecule has 0 atom stereocenters. The number of amides is 1. The van der Waals surface area contributed by atoms with Gasteiger partial charge in [0.05, 0.1) is 11.4 Å². The van der Waals surface area contributed by atoms with Crippen LogP contribution in [0.5, 0.6) is 0 Å². The summed E-state index contributed by atoms with van der Waals surface area (Å²) in [6, 6.07) is 5.34. The number of aromatic nitrogens is 3. The topological polar surface area (TPSA) is 83.6 Å². The lowest BCUT2D eigenvalue weighted by molar-refractivity contribution is -0.113. The van der Waals surface area contributed by atoms with Crippen LogP contribution in [0.1, 0.15) is 5.82 Å². The Morgan fingerprint density at radius 3 is 2.86 bits per heavy atom. The molecule has 6 nitrogen and oxygen atoms in total. The summed E-state index contributed by atoms with van der Waals surface area (Å²) in [6.45, 7) is 1.86. The van der Waals surface area contributed by atoms with Crippen molar-refractivity contribution in [3.63, 3.8) is 0 Å². The normalized spacial score (nSPS) is 10.3. The zero-order valence-corrected chi connectivity index (χ0v) is 15.0. The van der Waals surface area contributed by atoms with Gasteiger partial charge in [-0.15, -0.1) is 10.2 Å². The van der Waals surface area contributed by atoms with Crippen LogP contribution in [0.25, 0.3) is 0 Å². The molecule has 114 valence electrons. The largest absolute Gasteiger partial charge is 0.324 e. The number of aryl methyl sites for hydroxylation is 1. The van der Waals surface area contributed by atoms with Crippen molar-refractivity contribution in [1.29, 1.82) is 5.26 Å². The van der Waals surface area contributed by atoms with Gasteiger partial charge in [0, 0.05) is 16.4 Å². The van der Waals surface area contributed by atoms with Crippen LogP contribution >= 0.6 is 39.5 Å². The summed E-state index contributed by atoms with van der Waals surface area (Å²) in [5, 5.41) is 22.1. The maximum atomic E-state index is 12.0. The first-order valence-electron chi connectivity index (χ1n) is 6.15. The number of benzene rings is 1. The molecule has 0 spiro atoms. The standard InChI is InChI=1S/C13H12BrN5OS2/c1-8-17-18-13(19(8)2)21-6-12(20)16-11-4-3-9(22-7-15)5-10(11)14/h3-5H,6H2,1-2H3,(H,16,20). The van der Waals surface area contributed by atoms with Gasteiger partial charge in [-0.2, -0.15) is 5.26 Å². The molecule has 0 aliphatic heterocycles. The second-order valence-corrected chi connectivity index (χ2v) is 6.92. The minimum absolute atomic E-state index is 0.132. The number of halogens is 1. The number of hydrogen-bond donors (Lipinski definition) is 1. The Labute approximate surface area is 144 Å². The van der Waals surface area contributed by atoms with Crippen molar-refractivity contribution in [3.8, 4) is 5.40 Å². The van der Waals surface area contributed by atoms with Crippen LogP contribution in [0.3, 0.4) is 0 Å². The number of hydrogen-bond acceptors (Lipinski definition) is 6. The highest BCUT2D eigenvalue weighted by molar-refractivity contribution is 9.10. The van der Waals surface area contributed by atoms with E-state index in [1.54, 1.807) is 18.2 Å². The summed E-state index contributed by atoms with van der Waals surface area (Å²) in [7, 11) is 1.86. The minimum Gasteiger partial charge on any atom is -0.324 e. The van der Waals surface area contributed by atoms with Gasteiger partial charge in [0.15, 0.2) is 5.16 Å². The third kappa shape index (κ3) is 4.25. The molecule has 0 bridgehead atoms. The Bertz CT molecular complexity index is 741. The molecule has 1 aromatic heterocycles. The molecule has 2 rings (SSSR count). The first-order chi connectivity index (χ1) is 10.5. The van der Waals surface area contributed by atoms with E-state index in [4.69, 9.17) is 5.26 Å². The Morgan fingerprint density at radius 1 is 1.50 bits per heavy atom. The molecule has 0 fully saturated rings. The average molecular weight is 398 g/mol. The summed E-state index contributed by atoms with van der Waals surface area (Å²) >= 11 is 5.78. The van der Waals surface area contributed by atoms with Crippen LogP contribution in [0.2, 0.25) is 0 Å². The Hall–Kier alpha value is -1.50. The second kappa shape index (κ2) is 7.67. The van der Waals surface area contributed by atoms with Gasteiger partial charge >= 0.3 is 0 Å². The third-order valence-corrected chi connectivity index (χ3v) is 5.02. The van der Waals surface area contributed by atoms with Crippen LogP contribution in [0, 0.1) is 17.6 Å². The molecule has 9 heteroatoms. The molecule has 22 heavy (non-hydrogen) atoms. The number of nitriles is 1. The lowest BCUT2D eigenvalue weighted by Gasteiger charge is -2.08. The predicted octanol–water partition coefficient (Wildman–Crippen LogP) is 3.19. The predicted molar refractivity (Wildman–Crippen MR) is 90.7 cm³/mol. The van der Waals surface area contributed by atoms with Gasteiger partial charge in [-0.3, -0.25) is 4.79 Å². The quantitative estimate of drug-likeness (QED) is 0.615. The number of rotatable bonds is 5. The van der Waals surface area contributed by atoms with Crippen LogP contribution in [0.4, 0.5) is 5.69 Å². The smallest absolute Gasteiger partial charge is 0.234 e. The van der Waals surface area contributed by atoms with Crippen molar-refractivity contribution in [3.05, 3.63) is 28.5 Å². The Kier molecular flexibility index (Phi) is 5.88. The fourth-order valence-electron chi connectivity index (χ4n) is 1.54. The van der Waals surface area contributed by atoms with Crippen LogP contribution < -0.4 is 5.32 Å². The van der Waals surface area contributed by atoms with Gasteiger partial charge in [-0.25, -0.2) is 0 Å². The number of nitrogens with zero attached hydrogens (tertiary/aromatic N) is 4. The van der Waals surface area contributed by atoms with Crippen molar-refractivity contribution in [1.82, 2.24) is 14.8 Å². The molecule has 0 aliphatic rings. The minimum atomic E-state index is -0.132. The fourth-order valence-corrected chi connectivity index (χ4v) is 3.35. The summed E-state index contributed by atoms with van der Waals surface area (Å²) in [6.07, 6.45) is 0. The summed E-state index contributed by atoms with van der Waals surface area (Å²) in [5.74, 6) is 0.913. The van der Waals surface area contributed by atoms with Gasteiger partial charge in [0.1, 0.15) is 11.2 Å². The van der Waals surface area contributed by atoms with E-state index in [-0.39, 0.29) is 11.7 Å². The lowest BCUT2D eigenvalue weighted by atomic mass is 10.3. The van der Waals surface area contributed by atoms with E-state index in [1.165, 1.54) is 11.8 Å². The molecule has 0 aliphatic carbocycles. The molecular formula is C13H12BrN5OS2. The number of nitrogens with one attached hydrogen (secondary N) is 1.